The Morgan fingerprint density at radius 3 is 1.90 bits per heavy atom. The van der Waals surface area contributed by atoms with Gasteiger partial charge < -0.3 is 14.6 Å². The molecule has 0 heterocycles. The van der Waals surface area contributed by atoms with Crippen LogP contribution in [0.5, 0.6) is 17.2 Å². The summed E-state index contributed by atoms with van der Waals surface area (Å²) in [4.78, 5) is 12.6. The fourth-order valence-corrected chi connectivity index (χ4v) is 4.17. The van der Waals surface area contributed by atoms with Crippen LogP contribution in [0.4, 0.5) is 28.4 Å². The Morgan fingerprint density at radius 1 is 0.800 bits per heavy atom. The zero-order chi connectivity index (χ0) is 28.6. The molecule has 0 spiro atoms. The maximum atomic E-state index is 11.0. The van der Waals surface area contributed by atoms with E-state index >= 15 is 0 Å². The van der Waals surface area contributed by atoms with Crippen LogP contribution in [-0.4, -0.2) is 42.2 Å². The van der Waals surface area contributed by atoms with Gasteiger partial charge in [0.2, 0.25) is 0 Å². The van der Waals surface area contributed by atoms with Crippen LogP contribution in [0, 0.1) is 10.1 Å². The molecule has 0 radical (unpaired) electrons. The van der Waals surface area contributed by atoms with Crippen LogP contribution < -0.4 is 9.47 Å². The topological polar surface area (TPSA) is 135 Å². The van der Waals surface area contributed by atoms with E-state index in [9.17, 15) is 15.2 Å². The Labute approximate surface area is 231 Å². The van der Waals surface area contributed by atoms with Crippen LogP contribution in [0.2, 0.25) is 0 Å². The predicted octanol–water partition coefficient (Wildman–Crippen LogP) is 8.14. The summed E-state index contributed by atoms with van der Waals surface area (Å²) in [5, 5.41) is 40.7. The number of hydrogen-bond donors (Lipinski definition) is 1. The molecule has 0 amide bonds. The molecule has 4 aromatic rings. The van der Waals surface area contributed by atoms with Crippen molar-refractivity contribution in [1.29, 1.82) is 0 Å². The molecule has 206 valence electrons. The second-order valence-electron chi connectivity index (χ2n) is 8.78. The van der Waals surface area contributed by atoms with Gasteiger partial charge in [0.25, 0.3) is 5.69 Å². The fraction of sp³-hybridized carbons (Fsp3) is 0.241. The lowest BCUT2D eigenvalue weighted by atomic mass is 10.0. The van der Waals surface area contributed by atoms with Crippen molar-refractivity contribution < 1.29 is 19.5 Å². The normalized spacial score (nSPS) is 11.6. The number of methoxy groups -OCH3 is 2. The largest absolute Gasteiger partial charge is 0.507 e. The first-order chi connectivity index (χ1) is 19.4. The molecule has 0 fully saturated rings. The van der Waals surface area contributed by atoms with Crippen molar-refractivity contribution in [3.05, 3.63) is 82.4 Å². The van der Waals surface area contributed by atoms with Crippen molar-refractivity contribution in [1.82, 2.24) is 4.90 Å². The van der Waals surface area contributed by atoms with Gasteiger partial charge in [-0.1, -0.05) is 38.1 Å². The second kappa shape index (κ2) is 12.8. The van der Waals surface area contributed by atoms with Gasteiger partial charge in [0.05, 0.1) is 30.5 Å². The van der Waals surface area contributed by atoms with Crippen molar-refractivity contribution in [2.75, 3.05) is 27.3 Å². The van der Waals surface area contributed by atoms with Crippen LogP contribution in [-0.2, 0) is 6.54 Å². The van der Waals surface area contributed by atoms with E-state index in [2.05, 4.69) is 39.2 Å². The summed E-state index contributed by atoms with van der Waals surface area (Å²) in [6.07, 6.45) is 0. The highest BCUT2D eigenvalue weighted by Crippen LogP contribution is 2.42. The van der Waals surface area contributed by atoms with Crippen molar-refractivity contribution in [2.45, 2.75) is 20.4 Å². The Bertz CT molecular complexity index is 1570. The Morgan fingerprint density at radius 2 is 1.35 bits per heavy atom. The van der Waals surface area contributed by atoms with Gasteiger partial charge in [-0.3, -0.25) is 15.0 Å². The number of benzene rings is 4. The van der Waals surface area contributed by atoms with Gasteiger partial charge in [0, 0.05) is 47.1 Å². The van der Waals surface area contributed by atoms with Gasteiger partial charge in [-0.2, -0.15) is 5.11 Å². The highest BCUT2D eigenvalue weighted by atomic mass is 16.6. The molecule has 0 aliphatic rings. The van der Waals surface area contributed by atoms with Crippen LogP contribution in [0.3, 0.4) is 0 Å². The van der Waals surface area contributed by atoms with E-state index in [0.29, 0.717) is 46.2 Å². The SMILES string of the molecule is CCN(CC)Cc1cc(N=Nc2cc(OC)c(N=Nc3ccc([N+](=O)[O-])cc3)cc2OC)c2ccccc2c1O. The third-order valence-electron chi connectivity index (χ3n) is 6.44. The molecule has 11 heteroatoms. The summed E-state index contributed by atoms with van der Waals surface area (Å²) < 4.78 is 11.1. The smallest absolute Gasteiger partial charge is 0.269 e. The molecule has 1 N–H and O–H groups in total. The molecule has 0 aliphatic heterocycles. The number of fused-ring (bicyclic) bond motifs is 1. The van der Waals surface area contributed by atoms with Crippen LogP contribution >= 0.6 is 0 Å². The molecule has 4 aromatic carbocycles. The summed E-state index contributed by atoms with van der Waals surface area (Å²) in [5.74, 6) is 1.02. The first-order valence-electron chi connectivity index (χ1n) is 12.7. The molecular formula is C29H30N6O5. The number of nitro benzene ring substituents is 1. The molecular weight excluding hydrogens is 512 g/mol. The first kappa shape index (κ1) is 28.1. The van der Waals surface area contributed by atoms with E-state index < -0.39 is 4.92 Å². The number of rotatable bonds is 11. The number of phenolic OH excluding ortho intramolecular Hbond substituents is 1. The molecule has 0 aromatic heterocycles. The van der Waals surface area contributed by atoms with Gasteiger partial charge in [-0.25, -0.2) is 0 Å². The van der Waals surface area contributed by atoms with E-state index in [0.717, 1.165) is 24.0 Å². The average Bonchev–Trinajstić information content (AvgIpc) is 2.99. The van der Waals surface area contributed by atoms with Crippen LogP contribution in [0.1, 0.15) is 19.4 Å². The number of phenols is 1. The maximum Gasteiger partial charge on any atom is 0.269 e. The third kappa shape index (κ3) is 6.21. The first-order valence-corrected chi connectivity index (χ1v) is 12.7. The number of hydrogen-bond acceptors (Lipinski definition) is 10. The Kier molecular flexibility index (Phi) is 8.97. The lowest BCUT2D eigenvalue weighted by molar-refractivity contribution is -0.384. The molecule has 0 atom stereocenters. The zero-order valence-corrected chi connectivity index (χ0v) is 22.7. The lowest BCUT2D eigenvalue weighted by Gasteiger charge is -2.19. The number of nitrogens with zero attached hydrogens (tertiary/aromatic N) is 6. The zero-order valence-electron chi connectivity index (χ0n) is 22.7. The molecule has 40 heavy (non-hydrogen) atoms. The fourth-order valence-electron chi connectivity index (χ4n) is 4.17. The summed E-state index contributed by atoms with van der Waals surface area (Å²) in [5.41, 5.74) is 2.58. The second-order valence-corrected chi connectivity index (χ2v) is 8.78. The minimum Gasteiger partial charge on any atom is -0.507 e. The molecule has 4 rings (SSSR count). The Balaban J connectivity index is 1.70. The summed E-state index contributed by atoms with van der Waals surface area (Å²) in [6.45, 7) is 6.45. The highest BCUT2D eigenvalue weighted by molar-refractivity contribution is 5.97. The monoisotopic (exact) mass is 542 g/mol. The summed E-state index contributed by atoms with van der Waals surface area (Å²) in [6, 6.07) is 18.4. The van der Waals surface area contributed by atoms with Gasteiger partial charge in [-0.15, -0.1) is 15.3 Å². The predicted molar refractivity (Wildman–Crippen MR) is 153 cm³/mol. The van der Waals surface area contributed by atoms with Crippen molar-refractivity contribution in [3.8, 4) is 17.2 Å². The third-order valence-corrected chi connectivity index (χ3v) is 6.44. The van der Waals surface area contributed by atoms with Crippen molar-refractivity contribution in [3.63, 3.8) is 0 Å². The van der Waals surface area contributed by atoms with Gasteiger partial charge in [0.1, 0.15) is 28.6 Å². The molecule has 0 aliphatic carbocycles. The molecule has 0 unspecified atom stereocenters. The van der Waals surface area contributed by atoms with Gasteiger partial charge in [0.15, 0.2) is 0 Å². The van der Waals surface area contributed by atoms with Crippen molar-refractivity contribution in [2.24, 2.45) is 20.5 Å². The number of non-ortho nitro benzene ring substituents is 1. The summed E-state index contributed by atoms with van der Waals surface area (Å²) in [7, 11) is 3.01. The number of aromatic hydroxyl groups is 1. The maximum absolute atomic E-state index is 11.0. The molecule has 0 saturated carbocycles. The standard InChI is InChI=1S/C29H30N6O5/c1-5-34(6-2)18-19-15-24(22-9-7-8-10-23(22)29(19)36)31-33-26-17-27(39-3)25(16-28(26)40-4)32-30-20-11-13-21(14-12-20)35(37)38/h7-17,36H,5-6,18H2,1-4H3. The number of ether oxygens (including phenoxy) is 2. The lowest BCUT2D eigenvalue weighted by Crippen LogP contribution is -2.22. The number of nitro groups is 1. The quantitative estimate of drug-likeness (QED) is 0.115. The highest BCUT2D eigenvalue weighted by Gasteiger charge is 2.15. The van der Waals surface area contributed by atoms with Gasteiger partial charge >= 0.3 is 0 Å². The van der Waals surface area contributed by atoms with E-state index in [1.165, 1.54) is 38.5 Å². The van der Waals surface area contributed by atoms with Crippen molar-refractivity contribution >= 4 is 39.2 Å². The minimum absolute atomic E-state index is 0.0329. The van der Waals surface area contributed by atoms with Crippen LogP contribution in [0.25, 0.3) is 10.8 Å². The van der Waals surface area contributed by atoms with E-state index in [4.69, 9.17) is 9.47 Å². The molecule has 0 saturated heterocycles. The Hall–Kier alpha value is -4.90. The van der Waals surface area contributed by atoms with E-state index in [1.54, 1.807) is 12.1 Å². The van der Waals surface area contributed by atoms with E-state index in [1.807, 2.05) is 30.3 Å². The minimum atomic E-state index is -0.477. The van der Waals surface area contributed by atoms with Gasteiger partial charge in [-0.05, 0) is 31.3 Å². The summed E-state index contributed by atoms with van der Waals surface area (Å²) >= 11 is 0. The van der Waals surface area contributed by atoms with Crippen LogP contribution in [0.15, 0.2) is 87.2 Å². The number of azo groups is 2. The average molecular weight is 543 g/mol. The van der Waals surface area contributed by atoms with E-state index in [-0.39, 0.29) is 11.4 Å². The molecule has 11 nitrogen and oxygen atoms in total. The molecule has 0 bridgehead atoms.